The number of hydrogen-bond acceptors (Lipinski definition) is 7. The predicted molar refractivity (Wildman–Crippen MR) is 119 cm³/mol. The maximum atomic E-state index is 13.2. The first kappa shape index (κ1) is 21.2. The highest BCUT2D eigenvalue weighted by Crippen LogP contribution is 2.34. The van der Waals surface area contributed by atoms with Crippen molar-refractivity contribution < 1.29 is 16.8 Å². The Morgan fingerprint density at radius 2 is 1.73 bits per heavy atom. The molecule has 1 aliphatic rings. The van der Waals surface area contributed by atoms with Crippen molar-refractivity contribution in [3.8, 4) is 0 Å². The topological polar surface area (TPSA) is 109 Å². The first-order valence-corrected chi connectivity index (χ1v) is 13.4. The summed E-state index contributed by atoms with van der Waals surface area (Å²) < 4.78 is 56.3. The lowest BCUT2D eigenvalue weighted by atomic mass is 10.0. The summed E-state index contributed by atoms with van der Waals surface area (Å²) in [6.07, 6.45) is 1.18. The second-order valence-electron chi connectivity index (χ2n) is 6.66. The van der Waals surface area contributed by atoms with E-state index in [4.69, 9.17) is 0 Å². The molecule has 0 saturated carbocycles. The smallest absolute Gasteiger partial charge is 0.264 e. The van der Waals surface area contributed by atoms with Gasteiger partial charge in [-0.1, -0.05) is 27.3 Å². The molecule has 2 heterocycles. The van der Waals surface area contributed by atoms with Crippen LogP contribution in [0.2, 0.25) is 0 Å². The summed E-state index contributed by atoms with van der Waals surface area (Å²) in [6, 6.07) is 10.9. The van der Waals surface area contributed by atoms with Gasteiger partial charge in [-0.05, 0) is 67.8 Å². The number of fused-ring (bicyclic) bond motifs is 1. The van der Waals surface area contributed by atoms with Crippen LogP contribution in [0.1, 0.15) is 17.0 Å². The maximum Gasteiger partial charge on any atom is 0.264 e. The van der Waals surface area contributed by atoms with E-state index in [2.05, 4.69) is 30.8 Å². The zero-order chi connectivity index (χ0) is 21.5. The van der Waals surface area contributed by atoms with E-state index in [-0.39, 0.29) is 14.9 Å². The third kappa shape index (κ3) is 4.09. The van der Waals surface area contributed by atoms with Gasteiger partial charge >= 0.3 is 0 Å². The zero-order valence-corrected chi connectivity index (χ0v) is 19.8. The fourth-order valence-corrected chi connectivity index (χ4v) is 6.88. The lowest BCUT2D eigenvalue weighted by Crippen LogP contribution is -2.35. The largest absolute Gasteiger partial charge is 0.266 e. The van der Waals surface area contributed by atoms with Crippen LogP contribution in [-0.2, 0) is 26.5 Å². The molecule has 158 valence electrons. The predicted octanol–water partition coefficient (Wildman–Crippen LogP) is 3.55. The van der Waals surface area contributed by atoms with Crippen molar-refractivity contribution in [3.63, 3.8) is 0 Å². The highest BCUT2D eigenvalue weighted by molar-refractivity contribution is 9.10. The third-order valence-electron chi connectivity index (χ3n) is 4.59. The van der Waals surface area contributed by atoms with E-state index in [1.807, 2.05) is 0 Å². The van der Waals surface area contributed by atoms with Gasteiger partial charge in [0, 0.05) is 11.0 Å². The molecule has 0 amide bonds. The van der Waals surface area contributed by atoms with Gasteiger partial charge in [0.05, 0.1) is 15.5 Å². The van der Waals surface area contributed by atoms with Crippen molar-refractivity contribution in [2.45, 2.75) is 29.6 Å². The maximum absolute atomic E-state index is 13.2. The van der Waals surface area contributed by atoms with E-state index in [0.717, 1.165) is 15.8 Å². The van der Waals surface area contributed by atoms with Gasteiger partial charge in [0.2, 0.25) is 5.13 Å². The number of nitrogens with zero attached hydrogens (tertiary/aromatic N) is 3. The van der Waals surface area contributed by atoms with Crippen LogP contribution in [0.3, 0.4) is 0 Å². The number of nitrogens with one attached hydrogen (secondary N) is 1. The number of halogens is 1. The molecule has 0 saturated heterocycles. The van der Waals surface area contributed by atoms with Crippen LogP contribution in [0, 0.1) is 6.92 Å². The fourth-order valence-electron chi connectivity index (χ4n) is 3.20. The zero-order valence-electron chi connectivity index (χ0n) is 15.7. The Balaban J connectivity index is 1.68. The molecule has 1 aliphatic heterocycles. The Bertz CT molecular complexity index is 1310. The van der Waals surface area contributed by atoms with Crippen LogP contribution in [0.4, 0.5) is 10.8 Å². The SMILES string of the molecule is Cc1nnc(NS(=O)(=O)c2ccc3c(c2)CCCN3S(=O)(=O)c2ccc(Br)cc2)s1. The minimum atomic E-state index is -3.86. The van der Waals surface area contributed by atoms with Crippen molar-refractivity contribution in [3.05, 3.63) is 57.5 Å². The molecular formula is C18H17BrN4O4S3. The molecule has 8 nitrogen and oxygen atoms in total. The van der Waals surface area contributed by atoms with E-state index in [1.165, 1.54) is 16.4 Å². The van der Waals surface area contributed by atoms with Gasteiger partial charge in [0.1, 0.15) is 5.01 Å². The number of hydrogen-bond donors (Lipinski definition) is 1. The van der Waals surface area contributed by atoms with Gasteiger partial charge in [-0.25, -0.2) is 16.8 Å². The van der Waals surface area contributed by atoms with Crippen molar-refractivity contribution in [1.82, 2.24) is 10.2 Å². The minimum Gasteiger partial charge on any atom is -0.266 e. The number of aryl methyl sites for hydroxylation is 2. The van der Waals surface area contributed by atoms with Gasteiger partial charge in [0.15, 0.2) is 0 Å². The number of anilines is 2. The summed E-state index contributed by atoms with van der Waals surface area (Å²) in [5.41, 5.74) is 1.16. The summed E-state index contributed by atoms with van der Waals surface area (Å²) in [5.74, 6) is 0. The van der Waals surface area contributed by atoms with Crippen LogP contribution >= 0.6 is 27.3 Å². The Kier molecular flexibility index (Phi) is 5.60. The molecule has 30 heavy (non-hydrogen) atoms. The summed E-state index contributed by atoms with van der Waals surface area (Å²) in [5, 5.41) is 8.42. The van der Waals surface area contributed by atoms with E-state index in [9.17, 15) is 16.8 Å². The van der Waals surface area contributed by atoms with E-state index >= 15 is 0 Å². The molecule has 1 N–H and O–H groups in total. The van der Waals surface area contributed by atoms with Crippen molar-refractivity contribution in [1.29, 1.82) is 0 Å². The van der Waals surface area contributed by atoms with Crippen LogP contribution in [0.5, 0.6) is 0 Å². The van der Waals surface area contributed by atoms with E-state index in [0.29, 0.717) is 35.6 Å². The molecule has 1 aromatic heterocycles. The number of rotatable bonds is 5. The van der Waals surface area contributed by atoms with Gasteiger partial charge in [-0.2, -0.15) is 0 Å². The van der Waals surface area contributed by atoms with Gasteiger partial charge in [-0.3, -0.25) is 9.03 Å². The van der Waals surface area contributed by atoms with E-state index in [1.54, 1.807) is 37.3 Å². The summed E-state index contributed by atoms with van der Waals surface area (Å²) in [7, 11) is -7.61. The third-order valence-corrected chi connectivity index (χ3v) is 9.16. The molecule has 0 spiro atoms. The Morgan fingerprint density at radius 1 is 1.03 bits per heavy atom. The molecule has 0 fully saturated rings. The Morgan fingerprint density at radius 3 is 2.40 bits per heavy atom. The van der Waals surface area contributed by atoms with Crippen molar-refractivity contribution in [2.24, 2.45) is 0 Å². The van der Waals surface area contributed by atoms with Gasteiger partial charge in [-0.15, -0.1) is 10.2 Å². The number of sulfonamides is 2. The average molecular weight is 529 g/mol. The van der Waals surface area contributed by atoms with Crippen LogP contribution in [-0.4, -0.2) is 33.6 Å². The number of aromatic nitrogens is 2. The summed E-state index contributed by atoms with van der Waals surface area (Å²) in [4.78, 5) is 0.237. The van der Waals surface area contributed by atoms with Crippen molar-refractivity contribution in [2.75, 3.05) is 15.6 Å². The van der Waals surface area contributed by atoms with E-state index < -0.39 is 20.0 Å². The second-order valence-corrected chi connectivity index (χ2v) is 12.3. The Labute approximate surface area is 187 Å². The molecule has 0 radical (unpaired) electrons. The van der Waals surface area contributed by atoms with Gasteiger partial charge in [0.25, 0.3) is 20.0 Å². The quantitative estimate of drug-likeness (QED) is 0.542. The first-order valence-electron chi connectivity index (χ1n) is 8.91. The second kappa shape index (κ2) is 7.91. The van der Waals surface area contributed by atoms with Crippen molar-refractivity contribution >= 4 is 58.1 Å². The molecule has 0 bridgehead atoms. The van der Waals surface area contributed by atoms with Gasteiger partial charge < -0.3 is 0 Å². The van der Waals surface area contributed by atoms with Crippen LogP contribution in [0.15, 0.2) is 56.7 Å². The molecule has 0 aliphatic carbocycles. The van der Waals surface area contributed by atoms with Crippen LogP contribution in [0.25, 0.3) is 0 Å². The monoisotopic (exact) mass is 528 g/mol. The molecule has 4 rings (SSSR count). The fraction of sp³-hybridized carbons (Fsp3) is 0.222. The molecule has 12 heteroatoms. The lowest BCUT2D eigenvalue weighted by molar-refractivity contribution is 0.586. The molecular weight excluding hydrogens is 512 g/mol. The molecule has 0 atom stereocenters. The average Bonchev–Trinajstić information content (AvgIpc) is 3.11. The normalized spacial score (nSPS) is 14.4. The standard InChI is InChI=1S/C18H17BrN4O4S3/c1-12-20-21-18(28-12)22-29(24,25)16-8-9-17-13(11-16)3-2-10-23(17)30(26,27)15-6-4-14(19)5-7-15/h4-9,11H,2-3,10H2,1H3,(H,21,22). The molecule has 0 unspecified atom stereocenters. The highest BCUT2D eigenvalue weighted by atomic mass is 79.9. The van der Waals surface area contributed by atoms with Crippen LogP contribution < -0.4 is 9.03 Å². The lowest BCUT2D eigenvalue weighted by Gasteiger charge is -2.30. The number of benzene rings is 2. The summed E-state index contributed by atoms with van der Waals surface area (Å²) in [6.45, 7) is 2.06. The molecule has 2 aromatic carbocycles. The highest BCUT2D eigenvalue weighted by Gasteiger charge is 2.30. The first-order chi connectivity index (χ1) is 14.2. The Hall–Kier alpha value is -2.02. The minimum absolute atomic E-state index is 0.0528. The summed E-state index contributed by atoms with van der Waals surface area (Å²) >= 11 is 4.44. The molecule has 3 aromatic rings.